The molecule has 0 bridgehead atoms. The van der Waals surface area contributed by atoms with Crippen LogP contribution in [0.3, 0.4) is 0 Å². The van der Waals surface area contributed by atoms with Gasteiger partial charge in [0.15, 0.2) is 0 Å². The summed E-state index contributed by atoms with van der Waals surface area (Å²) in [6, 6.07) is 33.0. The third kappa shape index (κ3) is 4.29. The van der Waals surface area contributed by atoms with Gasteiger partial charge in [0.05, 0.1) is 54.6 Å². The Hall–Kier alpha value is -5.18. The maximum Gasteiger partial charge on any atom is 0.143 e. The second-order valence-electron chi connectivity index (χ2n) is 11.6. The highest BCUT2D eigenvalue weighted by Gasteiger charge is 2.37. The lowest BCUT2D eigenvalue weighted by atomic mass is 9.82. The van der Waals surface area contributed by atoms with Crippen molar-refractivity contribution in [3.63, 3.8) is 0 Å². The van der Waals surface area contributed by atoms with E-state index >= 15 is 0 Å². The lowest BCUT2D eigenvalue weighted by molar-refractivity contribution is 0.662. The van der Waals surface area contributed by atoms with E-state index < -0.39 is 0 Å². The normalized spacial score (nSPS) is 13.3. The summed E-state index contributed by atoms with van der Waals surface area (Å²) in [5, 5.41) is 1.81. The molecule has 8 aromatic rings. The summed E-state index contributed by atoms with van der Waals surface area (Å²) >= 11 is 3.38. The molecule has 6 heterocycles. The summed E-state index contributed by atoms with van der Waals surface area (Å²) < 4.78 is 2.33. The number of aromatic nitrogens is 6. The van der Waals surface area contributed by atoms with Crippen LogP contribution < -0.4 is 0 Å². The van der Waals surface area contributed by atoms with E-state index in [0.29, 0.717) is 0 Å². The van der Waals surface area contributed by atoms with Crippen molar-refractivity contribution in [2.75, 3.05) is 0 Å². The third-order valence-corrected chi connectivity index (χ3v) is 10.6. The average molecular weight is 617 g/mol. The molecule has 0 saturated heterocycles. The fourth-order valence-corrected chi connectivity index (χ4v) is 8.13. The van der Waals surface area contributed by atoms with E-state index in [2.05, 4.69) is 48.1 Å². The second-order valence-corrected chi connectivity index (χ2v) is 13.7. The molecule has 0 N–H and O–H groups in total. The molecule has 6 nitrogen and oxygen atoms in total. The van der Waals surface area contributed by atoms with Gasteiger partial charge >= 0.3 is 0 Å². The number of nitrogens with zero attached hydrogens (tertiary/aromatic N) is 6. The smallest absolute Gasteiger partial charge is 0.143 e. The van der Waals surface area contributed by atoms with Crippen molar-refractivity contribution < 1.29 is 0 Å². The highest BCUT2D eigenvalue weighted by Crippen LogP contribution is 2.52. The van der Waals surface area contributed by atoms with Crippen LogP contribution in [0.15, 0.2) is 109 Å². The summed E-state index contributed by atoms with van der Waals surface area (Å²) in [5.41, 5.74) is 12.0. The van der Waals surface area contributed by atoms with Crippen LogP contribution in [0.5, 0.6) is 0 Å². The van der Waals surface area contributed by atoms with E-state index in [0.717, 1.165) is 64.6 Å². The first kappa shape index (κ1) is 26.2. The van der Waals surface area contributed by atoms with Crippen molar-refractivity contribution in [2.24, 2.45) is 0 Å². The van der Waals surface area contributed by atoms with Crippen molar-refractivity contribution in [3.8, 4) is 55.3 Å². The first-order chi connectivity index (χ1) is 22.0. The molecule has 0 unspecified atom stereocenters. The maximum absolute atomic E-state index is 5.06. The summed E-state index contributed by atoms with van der Waals surface area (Å²) in [4.78, 5) is 28.9. The van der Waals surface area contributed by atoms with Gasteiger partial charge in [-0.15, -0.1) is 22.7 Å². The van der Waals surface area contributed by atoms with Crippen LogP contribution in [0.4, 0.5) is 0 Å². The highest BCUT2D eigenvalue weighted by molar-refractivity contribution is 7.22. The van der Waals surface area contributed by atoms with Gasteiger partial charge in [0, 0.05) is 17.8 Å². The molecule has 0 fully saturated rings. The minimum atomic E-state index is -0.157. The molecule has 0 saturated carbocycles. The van der Waals surface area contributed by atoms with E-state index in [1.165, 1.54) is 22.3 Å². The molecule has 1 aliphatic rings. The molecule has 2 aromatic carbocycles. The number of pyridine rings is 4. The highest BCUT2D eigenvalue weighted by atomic mass is 32.1. The van der Waals surface area contributed by atoms with Crippen LogP contribution >= 0.6 is 22.7 Å². The lowest BCUT2D eigenvalue weighted by Crippen LogP contribution is -2.14. The van der Waals surface area contributed by atoms with Crippen LogP contribution in [0, 0.1) is 0 Å². The zero-order valence-corrected chi connectivity index (χ0v) is 26.0. The molecule has 0 radical (unpaired) electrons. The Bertz CT molecular complexity index is 2240. The molecule has 6 aromatic heterocycles. The molecule has 9 rings (SSSR count). The van der Waals surface area contributed by atoms with Crippen molar-refractivity contribution in [3.05, 3.63) is 121 Å². The van der Waals surface area contributed by atoms with Gasteiger partial charge in [-0.05, 0) is 95.1 Å². The van der Waals surface area contributed by atoms with Gasteiger partial charge in [-0.1, -0.05) is 38.1 Å². The first-order valence-corrected chi connectivity index (χ1v) is 16.3. The molecule has 214 valence electrons. The van der Waals surface area contributed by atoms with E-state index in [1.54, 1.807) is 35.1 Å². The number of rotatable bonds is 4. The van der Waals surface area contributed by atoms with Crippen molar-refractivity contribution in [1.29, 1.82) is 0 Å². The Kier molecular flexibility index (Phi) is 5.78. The van der Waals surface area contributed by atoms with E-state index in [4.69, 9.17) is 19.9 Å². The Morgan fingerprint density at radius 2 is 0.911 bits per heavy atom. The van der Waals surface area contributed by atoms with Crippen LogP contribution in [-0.2, 0) is 5.41 Å². The van der Waals surface area contributed by atoms with Crippen molar-refractivity contribution in [2.45, 2.75) is 19.3 Å². The predicted molar refractivity (Wildman–Crippen MR) is 183 cm³/mol. The molecule has 0 aliphatic heterocycles. The number of hydrogen-bond donors (Lipinski definition) is 0. The standard InChI is InChI=1S/C37H24N6S2/c1-37(2)23-19-33-31(42-35(44-33)29-13-7-11-27(40-29)25-9-3-5-15-38-25)17-21(23)22-18-32-34(20-24(22)37)45-36(43-32)30-14-8-12-28(41-30)26-10-4-6-16-39-26/h3-20H,1-2H3. The SMILES string of the molecule is CC1(C)c2cc3sc(-c4cccc(-c5ccccn5)n4)nc3cc2-c2cc3nc(-c4cccc(-c5ccccn5)n4)sc3cc21. The van der Waals surface area contributed by atoms with E-state index in [1.807, 2.05) is 72.8 Å². The van der Waals surface area contributed by atoms with Crippen molar-refractivity contribution >= 4 is 43.1 Å². The third-order valence-electron chi connectivity index (χ3n) is 8.48. The first-order valence-electron chi connectivity index (χ1n) is 14.7. The van der Waals surface area contributed by atoms with Crippen LogP contribution in [0.2, 0.25) is 0 Å². The lowest BCUT2D eigenvalue weighted by Gasteiger charge is -2.21. The van der Waals surface area contributed by atoms with Crippen LogP contribution in [-0.4, -0.2) is 29.9 Å². The van der Waals surface area contributed by atoms with Crippen LogP contribution in [0.1, 0.15) is 25.0 Å². The molecule has 0 amide bonds. The molecule has 1 aliphatic carbocycles. The quantitative estimate of drug-likeness (QED) is 0.196. The number of benzene rings is 2. The van der Waals surface area contributed by atoms with Gasteiger partial charge in [0.1, 0.15) is 10.0 Å². The second kappa shape index (κ2) is 9.92. The van der Waals surface area contributed by atoms with Gasteiger partial charge in [-0.3, -0.25) is 9.97 Å². The largest absolute Gasteiger partial charge is 0.255 e. The fraction of sp³-hybridized carbons (Fsp3) is 0.0811. The molecule has 0 spiro atoms. The number of hydrogen-bond acceptors (Lipinski definition) is 8. The summed E-state index contributed by atoms with van der Waals surface area (Å²) in [6.07, 6.45) is 3.58. The minimum Gasteiger partial charge on any atom is -0.255 e. The average Bonchev–Trinajstić information content (AvgIpc) is 3.77. The number of thiazole rings is 2. The van der Waals surface area contributed by atoms with Gasteiger partial charge < -0.3 is 0 Å². The van der Waals surface area contributed by atoms with Gasteiger partial charge in [-0.2, -0.15) is 0 Å². The summed E-state index contributed by atoms with van der Waals surface area (Å²) in [6.45, 7) is 4.63. The van der Waals surface area contributed by atoms with Crippen LogP contribution in [0.25, 0.3) is 75.7 Å². The summed E-state index contributed by atoms with van der Waals surface area (Å²) in [7, 11) is 0. The Balaban J connectivity index is 1.12. The van der Waals surface area contributed by atoms with Gasteiger partial charge in [0.25, 0.3) is 0 Å². The molecule has 0 atom stereocenters. The Morgan fingerprint density at radius 3 is 1.36 bits per heavy atom. The molecular weight excluding hydrogens is 593 g/mol. The zero-order valence-electron chi connectivity index (χ0n) is 24.4. The maximum atomic E-state index is 5.06. The van der Waals surface area contributed by atoms with Gasteiger partial charge in [0.2, 0.25) is 0 Å². The molecular formula is C37H24N6S2. The fourth-order valence-electron chi connectivity index (χ4n) is 6.21. The topological polar surface area (TPSA) is 77.3 Å². The Labute approximate surface area is 267 Å². The zero-order chi connectivity index (χ0) is 30.1. The molecule has 45 heavy (non-hydrogen) atoms. The van der Waals surface area contributed by atoms with Gasteiger partial charge in [-0.25, -0.2) is 19.9 Å². The van der Waals surface area contributed by atoms with E-state index in [-0.39, 0.29) is 5.41 Å². The molecule has 8 heteroatoms. The summed E-state index contributed by atoms with van der Waals surface area (Å²) in [5.74, 6) is 0. The Morgan fingerprint density at radius 1 is 0.467 bits per heavy atom. The monoisotopic (exact) mass is 616 g/mol. The predicted octanol–water partition coefficient (Wildman–Crippen LogP) is 9.46. The van der Waals surface area contributed by atoms with E-state index in [9.17, 15) is 0 Å². The number of fused-ring (bicyclic) bond motifs is 5. The van der Waals surface area contributed by atoms with Crippen molar-refractivity contribution in [1.82, 2.24) is 29.9 Å². The minimum absolute atomic E-state index is 0.157.